The molecule has 1 heterocycles. The van der Waals surface area contributed by atoms with Crippen LogP contribution in [0, 0.1) is 12.3 Å². The van der Waals surface area contributed by atoms with Crippen LogP contribution in [0.5, 0.6) is 0 Å². The van der Waals surface area contributed by atoms with Crippen molar-refractivity contribution in [3.63, 3.8) is 0 Å². The number of allylic oxidation sites excluding steroid dienone is 4. The SMILES string of the molecule is C=C/C=C(\C=C/N(C)Cc1ccc(C=N)c(C)c1)c1ccnc(NC2CCCCC2)n1. The molecule has 31 heavy (non-hydrogen) atoms. The third kappa shape index (κ3) is 6.64. The lowest BCUT2D eigenvalue weighted by atomic mass is 9.96. The van der Waals surface area contributed by atoms with E-state index in [1.807, 2.05) is 31.3 Å². The van der Waals surface area contributed by atoms with Crippen LogP contribution in [-0.2, 0) is 6.54 Å². The normalized spacial score (nSPS) is 15.1. The molecule has 1 aromatic carbocycles. The molecule has 1 aliphatic carbocycles. The number of anilines is 1. The van der Waals surface area contributed by atoms with E-state index in [0.717, 1.165) is 28.9 Å². The molecule has 0 radical (unpaired) electrons. The van der Waals surface area contributed by atoms with E-state index in [2.05, 4.69) is 53.2 Å². The number of hydrogen-bond donors (Lipinski definition) is 2. The second-order valence-electron chi connectivity index (χ2n) is 8.17. The Balaban J connectivity index is 1.68. The van der Waals surface area contributed by atoms with E-state index in [1.165, 1.54) is 43.9 Å². The first-order chi connectivity index (χ1) is 15.1. The van der Waals surface area contributed by atoms with Gasteiger partial charge in [0.2, 0.25) is 5.95 Å². The van der Waals surface area contributed by atoms with Crippen LogP contribution >= 0.6 is 0 Å². The van der Waals surface area contributed by atoms with Crippen LogP contribution in [0.2, 0.25) is 0 Å². The van der Waals surface area contributed by atoms with Gasteiger partial charge in [-0.15, -0.1) is 0 Å². The Hall–Kier alpha value is -3.21. The summed E-state index contributed by atoms with van der Waals surface area (Å²) in [5.41, 5.74) is 5.16. The number of nitrogens with one attached hydrogen (secondary N) is 2. The van der Waals surface area contributed by atoms with Gasteiger partial charge in [-0.1, -0.05) is 56.2 Å². The third-order valence-corrected chi connectivity index (χ3v) is 5.62. The van der Waals surface area contributed by atoms with Crippen LogP contribution in [0.1, 0.15) is 54.5 Å². The Labute approximate surface area is 186 Å². The number of aromatic nitrogens is 2. The molecule has 162 valence electrons. The lowest BCUT2D eigenvalue weighted by Crippen LogP contribution is -2.23. The highest BCUT2D eigenvalue weighted by atomic mass is 15.1. The highest BCUT2D eigenvalue weighted by Gasteiger charge is 2.14. The molecule has 0 amide bonds. The average molecular weight is 416 g/mol. The maximum atomic E-state index is 7.44. The van der Waals surface area contributed by atoms with E-state index in [9.17, 15) is 0 Å². The molecule has 0 spiro atoms. The van der Waals surface area contributed by atoms with Crippen molar-refractivity contribution >= 4 is 17.7 Å². The standard InChI is InChI=1S/C26H33N5/c1-4-8-22(14-16-31(3)19-21-11-12-23(18-27)20(2)17-21)25-13-15-28-26(30-25)29-24-9-6-5-7-10-24/h4,8,11-18,24,27H,1,5-7,9-10,19H2,2-3H3,(H,28,29,30)/b16-14-,22-8+,27-18?. The van der Waals surface area contributed by atoms with Crippen LogP contribution in [0.25, 0.3) is 5.57 Å². The summed E-state index contributed by atoms with van der Waals surface area (Å²) in [5, 5.41) is 10.9. The van der Waals surface area contributed by atoms with Crippen molar-refractivity contribution in [2.24, 2.45) is 0 Å². The molecule has 0 unspecified atom stereocenters. The van der Waals surface area contributed by atoms with Crippen LogP contribution in [0.3, 0.4) is 0 Å². The first-order valence-electron chi connectivity index (χ1n) is 11.0. The lowest BCUT2D eigenvalue weighted by molar-refractivity contribution is 0.451. The van der Waals surface area contributed by atoms with Gasteiger partial charge in [-0.05, 0) is 54.8 Å². The van der Waals surface area contributed by atoms with Gasteiger partial charge >= 0.3 is 0 Å². The van der Waals surface area contributed by atoms with Crippen molar-refractivity contribution in [3.05, 3.63) is 83.9 Å². The van der Waals surface area contributed by atoms with Crippen molar-refractivity contribution < 1.29 is 0 Å². The molecule has 5 nitrogen and oxygen atoms in total. The number of hydrogen-bond acceptors (Lipinski definition) is 5. The van der Waals surface area contributed by atoms with Gasteiger partial charge in [-0.3, -0.25) is 0 Å². The van der Waals surface area contributed by atoms with E-state index in [1.54, 1.807) is 6.08 Å². The fourth-order valence-corrected chi connectivity index (χ4v) is 3.92. The summed E-state index contributed by atoms with van der Waals surface area (Å²) >= 11 is 0. The number of benzene rings is 1. The predicted molar refractivity (Wildman–Crippen MR) is 130 cm³/mol. The zero-order valence-electron chi connectivity index (χ0n) is 18.6. The van der Waals surface area contributed by atoms with Gasteiger partial charge in [-0.2, -0.15) is 0 Å². The molecular weight excluding hydrogens is 382 g/mol. The summed E-state index contributed by atoms with van der Waals surface area (Å²) in [6, 6.07) is 8.62. The lowest BCUT2D eigenvalue weighted by Gasteiger charge is -2.22. The molecule has 1 fully saturated rings. The van der Waals surface area contributed by atoms with Gasteiger partial charge in [0.15, 0.2) is 0 Å². The first kappa shape index (κ1) is 22.5. The summed E-state index contributed by atoms with van der Waals surface area (Å²) in [6.07, 6.45) is 17.4. The number of nitrogens with zero attached hydrogens (tertiary/aromatic N) is 3. The van der Waals surface area contributed by atoms with Crippen molar-refractivity contribution in [2.75, 3.05) is 12.4 Å². The maximum absolute atomic E-state index is 7.44. The Morgan fingerprint density at radius 1 is 1.26 bits per heavy atom. The molecule has 1 aliphatic rings. The molecule has 5 heteroatoms. The molecule has 1 aromatic heterocycles. The van der Waals surface area contributed by atoms with Crippen molar-refractivity contribution in [1.82, 2.24) is 14.9 Å². The molecule has 0 saturated heterocycles. The van der Waals surface area contributed by atoms with E-state index < -0.39 is 0 Å². The molecule has 0 aliphatic heterocycles. The minimum atomic E-state index is 0.472. The largest absolute Gasteiger partial charge is 0.376 e. The fraction of sp³-hybridized carbons (Fsp3) is 0.346. The van der Waals surface area contributed by atoms with Crippen molar-refractivity contribution in [3.8, 4) is 0 Å². The van der Waals surface area contributed by atoms with E-state index in [4.69, 9.17) is 10.4 Å². The fourth-order valence-electron chi connectivity index (χ4n) is 3.92. The molecular formula is C26H33N5. The van der Waals surface area contributed by atoms with Crippen LogP contribution < -0.4 is 5.32 Å². The highest BCUT2D eigenvalue weighted by Crippen LogP contribution is 2.21. The molecule has 0 atom stereocenters. The third-order valence-electron chi connectivity index (χ3n) is 5.62. The maximum Gasteiger partial charge on any atom is 0.223 e. The smallest absolute Gasteiger partial charge is 0.223 e. The van der Waals surface area contributed by atoms with Gasteiger partial charge in [0.05, 0.1) is 5.69 Å². The minimum Gasteiger partial charge on any atom is -0.376 e. The highest BCUT2D eigenvalue weighted by molar-refractivity contribution is 5.79. The molecule has 0 bridgehead atoms. The summed E-state index contributed by atoms with van der Waals surface area (Å²) < 4.78 is 0. The van der Waals surface area contributed by atoms with E-state index in [0.29, 0.717) is 12.0 Å². The quantitative estimate of drug-likeness (QED) is 0.405. The Morgan fingerprint density at radius 3 is 2.77 bits per heavy atom. The number of aryl methyl sites for hydroxylation is 1. The van der Waals surface area contributed by atoms with Gasteiger partial charge in [0.1, 0.15) is 0 Å². The van der Waals surface area contributed by atoms with Crippen LogP contribution in [0.4, 0.5) is 5.95 Å². The van der Waals surface area contributed by atoms with Crippen molar-refractivity contribution in [2.45, 2.75) is 51.6 Å². The van der Waals surface area contributed by atoms with Crippen LogP contribution in [0.15, 0.2) is 61.5 Å². The average Bonchev–Trinajstić information content (AvgIpc) is 2.77. The monoisotopic (exact) mass is 415 g/mol. The first-order valence-corrected chi connectivity index (χ1v) is 11.0. The zero-order valence-corrected chi connectivity index (χ0v) is 18.6. The second-order valence-corrected chi connectivity index (χ2v) is 8.17. The molecule has 2 aromatic rings. The summed E-state index contributed by atoms with van der Waals surface area (Å²) in [4.78, 5) is 11.3. The van der Waals surface area contributed by atoms with Crippen molar-refractivity contribution in [1.29, 1.82) is 5.41 Å². The molecule has 2 N–H and O–H groups in total. The summed E-state index contributed by atoms with van der Waals surface area (Å²) in [7, 11) is 2.05. The second kappa shape index (κ2) is 11.3. The van der Waals surface area contributed by atoms with E-state index in [-0.39, 0.29) is 0 Å². The van der Waals surface area contributed by atoms with Gasteiger partial charge < -0.3 is 15.6 Å². The Kier molecular flexibility index (Phi) is 8.16. The Morgan fingerprint density at radius 2 is 2.06 bits per heavy atom. The summed E-state index contributed by atoms with van der Waals surface area (Å²) in [5.74, 6) is 0.697. The summed E-state index contributed by atoms with van der Waals surface area (Å²) in [6.45, 7) is 6.69. The van der Waals surface area contributed by atoms with Gasteiger partial charge in [0, 0.05) is 37.6 Å². The van der Waals surface area contributed by atoms with Crippen LogP contribution in [-0.4, -0.2) is 34.2 Å². The number of rotatable bonds is 9. The molecule has 3 rings (SSSR count). The predicted octanol–water partition coefficient (Wildman–Crippen LogP) is 5.74. The van der Waals surface area contributed by atoms with Gasteiger partial charge in [0.25, 0.3) is 0 Å². The molecule has 1 saturated carbocycles. The van der Waals surface area contributed by atoms with Gasteiger partial charge in [-0.25, -0.2) is 9.97 Å². The Bertz CT molecular complexity index is 954. The zero-order chi connectivity index (χ0) is 22.1. The van der Waals surface area contributed by atoms with E-state index >= 15 is 0 Å². The topological polar surface area (TPSA) is 64.9 Å². The minimum absolute atomic E-state index is 0.472.